The van der Waals surface area contributed by atoms with Gasteiger partial charge in [-0.25, -0.2) is 14.5 Å². The van der Waals surface area contributed by atoms with Crippen LogP contribution in [0, 0.1) is 0 Å². The van der Waals surface area contributed by atoms with E-state index >= 15 is 0 Å². The molecule has 9 heteroatoms. The molecule has 1 rings (SSSR count). The second kappa shape index (κ2) is 8.80. The number of rotatable bonds is 8. The fourth-order valence-electron chi connectivity index (χ4n) is 1.78. The second-order valence-corrected chi connectivity index (χ2v) is 5.82. The monoisotopic (exact) mass is 330 g/mol. The van der Waals surface area contributed by atoms with Gasteiger partial charge >= 0.3 is 6.09 Å². The molecule has 1 unspecified atom stereocenters. The predicted molar refractivity (Wildman–Crippen MR) is 81.6 cm³/mol. The molecule has 1 atom stereocenters. The van der Waals surface area contributed by atoms with Crippen molar-refractivity contribution in [3.8, 4) is 0 Å². The van der Waals surface area contributed by atoms with Gasteiger partial charge in [0, 0.05) is 19.6 Å². The van der Waals surface area contributed by atoms with Crippen molar-refractivity contribution in [1.29, 1.82) is 0 Å². The molecule has 1 aromatic rings. The van der Waals surface area contributed by atoms with Crippen LogP contribution in [-0.2, 0) is 22.4 Å². The average molecular weight is 330 g/mol. The van der Waals surface area contributed by atoms with Gasteiger partial charge < -0.3 is 25.0 Å². The number of aromatic nitrogens is 3. The SMILES string of the molecule is CCOC(O)c1nc(CCNC(=O)OC(C)(C)C)n(CCO)n1. The zero-order chi connectivity index (χ0) is 17.5. The molecule has 0 fully saturated rings. The fraction of sp³-hybridized carbons (Fsp3) is 0.786. The quantitative estimate of drug-likeness (QED) is 0.589. The summed E-state index contributed by atoms with van der Waals surface area (Å²) >= 11 is 0. The summed E-state index contributed by atoms with van der Waals surface area (Å²) in [7, 11) is 0. The Kier molecular flexibility index (Phi) is 7.40. The molecule has 0 aliphatic heterocycles. The first-order valence-corrected chi connectivity index (χ1v) is 7.57. The number of hydrogen-bond acceptors (Lipinski definition) is 7. The Morgan fingerprint density at radius 1 is 1.43 bits per heavy atom. The number of aliphatic hydroxyl groups is 2. The van der Waals surface area contributed by atoms with Crippen LogP contribution < -0.4 is 5.32 Å². The van der Waals surface area contributed by atoms with Crippen LogP contribution in [0.4, 0.5) is 4.79 Å². The number of nitrogens with one attached hydrogen (secondary N) is 1. The van der Waals surface area contributed by atoms with Gasteiger partial charge in [0.1, 0.15) is 11.4 Å². The van der Waals surface area contributed by atoms with Crippen molar-refractivity contribution in [3.63, 3.8) is 0 Å². The number of hydrogen-bond donors (Lipinski definition) is 3. The smallest absolute Gasteiger partial charge is 0.407 e. The van der Waals surface area contributed by atoms with Crippen molar-refractivity contribution < 1.29 is 24.5 Å². The normalized spacial score (nSPS) is 13.0. The van der Waals surface area contributed by atoms with Gasteiger partial charge in [-0.3, -0.25) is 0 Å². The van der Waals surface area contributed by atoms with Crippen LogP contribution >= 0.6 is 0 Å². The number of nitrogens with zero attached hydrogens (tertiary/aromatic N) is 3. The van der Waals surface area contributed by atoms with E-state index in [9.17, 15) is 9.90 Å². The Bertz CT molecular complexity index is 498. The number of amides is 1. The molecule has 3 N–H and O–H groups in total. The van der Waals surface area contributed by atoms with E-state index < -0.39 is 18.0 Å². The van der Waals surface area contributed by atoms with Gasteiger partial charge in [-0.15, -0.1) is 0 Å². The maximum absolute atomic E-state index is 11.6. The minimum absolute atomic E-state index is 0.111. The molecule has 0 radical (unpaired) electrons. The summed E-state index contributed by atoms with van der Waals surface area (Å²) in [6.07, 6.45) is -1.34. The van der Waals surface area contributed by atoms with E-state index in [-0.39, 0.29) is 19.0 Å². The first-order valence-electron chi connectivity index (χ1n) is 7.57. The van der Waals surface area contributed by atoms with Crippen molar-refractivity contribution >= 4 is 6.09 Å². The Morgan fingerprint density at radius 2 is 2.13 bits per heavy atom. The van der Waals surface area contributed by atoms with Gasteiger partial charge in [-0.05, 0) is 27.7 Å². The molecule has 0 aliphatic rings. The van der Waals surface area contributed by atoms with E-state index in [1.54, 1.807) is 27.7 Å². The highest BCUT2D eigenvalue weighted by atomic mass is 16.6. The number of aliphatic hydroxyl groups excluding tert-OH is 2. The van der Waals surface area contributed by atoms with Crippen LogP contribution in [0.5, 0.6) is 0 Å². The highest BCUT2D eigenvalue weighted by Crippen LogP contribution is 2.11. The van der Waals surface area contributed by atoms with Gasteiger partial charge in [0.25, 0.3) is 0 Å². The summed E-state index contributed by atoms with van der Waals surface area (Å²) in [5.74, 6) is 0.663. The molecule has 0 aromatic carbocycles. The van der Waals surface area contributed by atoms with Crippen LogP contribution in [0.2, 0.25) is 0 Å². The van der Waals surface area contributed by atoms with Crippen molar-refractivity contribution in [2.45, 2.75) is 52.6 Å². The van der Waals surface area contributed by atoms with Gasteiger partial charge in [-0.1, -0.05) is 0 Å². The summed E-state index contributed by atoms with van der Waals surface area (Å²) in [5.41, 5.74) is -0.560. The van der Waals surface area contributed by atoms with E-state index in [1.165, 1.54) is 4.68 Å². The summed E-state index contributed by atoms with van der Waals surface area (Å²) < 4.78 is 11.7. The maximum Gasteiger partial charge on any atom is 0.407 e. The van der Waals surface area contributed by atoms with E-state index in [2.05, 4.69) is 15.4 Å². The molecular weight excluding hydrogens is 304 g/mol. The highest BCUT2D eigenvalue weighted by molar-refractivity contribution is 5.67. The number of carbonyl (C=O) groups is 1. The Labute approximate surface area is 135 Å². The first kappa shape index (κ1) is 19.3. The molecule has 23 heavy (non-hydrogen) atoms. The molecule has 9 nitrogen and oxygen atoms in total. The van der Waals surface area contributed by atoms with E-state index in [1.807, 2.05) is 0 Å². The third kappa shape index (κ3) is 6.93. The van der Waals surface area contributed by atoms with E-state index in [0.717, 1.165) is 0 Å². The largest absolute Gasteiger partial charge is 0.444 e. The van der Waals surface area contributed by atoms with E-state index in [4.69, 9.17) is 14.6 Å². The van der Waals surface area contributed by atoms with Crippen molar-refractivity contribution in [3.05, 3.63) is 11.6 Å². The molecule has 0 saturated heterocycles. The number of ether oxygens (including phenoxy) is 2. The molecule has 0 aliphatic carbocycles. The second-order valence-electron chi connectivity index (χ2n) is 5.82. The zero-order valence-electron chi connectivity index (χ0n) is 14.1. The molecule has 0 spiro atoms. The summed E-state index contributed by atoms with van der Waals surface area (Å²) in [6, 6.07) is 0. The summed E-state index contributed by atoms with van der Waals surface area (Å²) in [5, 5.41) is 25.5. The molecule has 132 valence electrons. The average Bonchev–Trinajstić information content (AvgIpc) is 2.81. The van der Waals surface area contributed by atoms with Crippen LogP contribution in [0.25, 0.3) is 0 Å². The summed E-state index contributed by atoms with van der Waals surface area (Å²) in [4.78, 5) is 15.8. The maximum atomic E-state index is 11.6. The van der Waals surface area contributed by atoms with Crippen LogP contribution in [0.3, 0.4) is 0 Å². The standard InChI is InChI=1S/C14H26N4O5/c1-5-22-12(20)11-16-10(18(17-11)8-9-19)6-7-15-13(21)23-14(2,3)4/h12,19-20H,5-9H2,1-4H3,(H,15,21). The lowest BCUT2D eigenvalue weighted by Crippen LogP contribution is -2.33. The fourth-order valence-corrected chi connectivity index (χ4v) is 1.78. The van der Waals surface area contributed by atoms with E-state index in [0.29, 0.717) is 25.4 Å². The van der Waals surface area contributed by atoms with Crippen LogP contribution in [0.15, 0.2) is 0 Å². The summed E-state index contributed by atoms with van der Waals surface area (Å²) in [6.45, 7) is 7.85. The third-order valence-corrected chi connectivity index (χ3v) is 2.64. The minimum Gasteiger partial charge on any atom is -0.444 e. The Hall–Kier alpha value is -1.71. The lowest BCUT2D eigenvalue weighted by molar-refractivity contribution is -0.104. The van der Waals surface area contributed by atoms with Gasteiger partial charge in [-0.2, -0.15) is 5.10 Å². The Morgan fingerprint density at radius 3 is 2.70 bits per heavy atom. The molecule has 1 aromatic heterocycles. The molecule has 1 heterocycles. The molecule has 0 saturated carbocycles. The van der Waals surface area contributed by atoms with Crippen LogP contribution in [0.1, 0.15) is 45.6 Å². The van der Waals surface area contributed by atoms with Crippen LogP contribution in [-0.4, -0.2) is 56.4 Å². The number of carbonyl (C=O) groups excluding carboxylic acids is 1. The lowest BCUT2D eigenvalue weighted by atomic mass is 10.2. The van der Waals surface area contributed by atoms with Crippen molar-refractivity contribution in [2.75, 3.05) is 19.8 Å². The Balaban J connectivity index is 2.62. The molecule has 1 amide bonds. The first-order chi connectivity index (χ1) is 10.8. The number of alkyl carbamates (subject to hydrolysis) is 1. The third-order valence-electron chi connectivity index (χ3n) is 2.64. The lowest BCUT2D eigenvalue weighted by Gasteiger charge is -2.19. The predicted octanol–water partition coefficient (Wildman–Crippen LogP) is 0.365. The minimum atomic E-state index is -1.21. The van der Waals surface area contributed by atoms with Gasteiger partial charge in [0.15, 0.2) is 0 Å². The van der Waals surface area contributed by atoms with Crippen molar-refractivity contribution in [2.24, 2.45) is 0 Å². The molecular formula is C14H26N4O5. The van der Waals surface area contributed by atoms with Gasteiger partial charge in [0.2, 0.25) is 12.1 Å². The van der Waals surface area contributed by atoms with Gasteiger partial charge in [0.05, 0.1) is 13.2 Å². The zero-order valence-corrected chi connectivity index (χ0v) is 14.1. The topological polar surface area (TPSA) is 119 Å². The molecule has 0 bridgehead atoms. The van der Waals surface area contributed by atoms with Crippen molar-refractivity contribution in [1.82, 2.24) is 20.1 Å². The highest BCUT2D eigenvalue weighted by Gasteiger charge is 2.18.